The lowest BCUT2D eigenvalue weighted by Crippen LogP contribution is -2.63. The van der Waals surface area contributed by atoms with Crippen molar-refractivity contribution in [3.8, 4) is 0 Å². The Morgan fingerprint density at radius 1 is 1.13 bits per heavy atom. The molecule has 1 unspecified atom stereocenters. The average molecular weight is 422 g/mol. The molecule has 2 atom stereocenters. The maximum absolute atomic E-state index is 13.4. The number of halogens is 1. The van der Waals surface area contributed by atoms with Gasteiger partial charge in [0.2, 0.25) is 11.8 Å². The summed E-state index contributed by atoms with van der Waals surface area (Å²) in [6.07, 6.45) is 0.523. The Kier molecular flexibility index (Phi) is 4.58. The third-order valence-electron chi connectivity index (χ3n) is 6.09. The molecule has 154 valence electrons. The van der Waals surface area contributed by atoms with E-state index in [9.17, 15) is 9.59 Å². The van der Waals surface area contributed by atoms with Gasteiger partial charge in [0.15, 0.2) is 0 Å². The molecule has 5 rings (SSSR count). The molecule has 1 aromatic heterocycles. The fraction of sp³-hybridized carbons (Fsp3) is 0.333. The van der Waals surface area contributed by atoms with Crippen molar-refractivity contribution in [1.29, 1.82) is 0 Å². The second kappa shape index (κ2) is 7.17. The number of benzene rings is 2. The molecule has 2 aromatic carbocycles. The SMILES string of the molecule is CC(C)CN1CC(=O)N2C(c3cccc(Cl)c3)c3[nH]c4ccccc4c3C[C@H]2C1=O. The van der Waals surface area contributed by atoms with Gasteiger partial charge in [0.1, 0.15) is 6.04 Å². The summed E-state index contributed by atoms with van der Waals surface area (Å²) in [6, 6.07) is 14.9. The van der Waals surface area contributed by atoms with Gasteiger partial charge in [-0.1, -0.05) is 55.8 Å². The number of amides is 2. The Morgan fingerprint density at radius 3 is 2.70 bits per heavy atom. The van der Waals surface area contributed by atoms with Gasteiger partial charge >= 0.3 is 0 Å². The summed E-state index contributed by atoms with van der Waals surface area (Å²) in [5.74, 6) is 0.324. The molecule has 2 aliphatic rings. The van der Waals surface area contributed by atoms with Crippen molar-refractivity contribution < 1.29 is 9.59 Å². The minimum atomic E-state index is -0.499. The summed E-state index contributed by atoms with van der Waals surface area (Å²) >= 11 is 6.30. The van der Waals surface area contributed by atoms with E-state index in [0.717, 1.165) is 27.7 Å². The number of hydrogen-bond donors (Lipinski definition) is 1. The molecule has 3 aromatic rings. The van der Waals surface area contributed by atoms with Crippen molar-refractivity contribution in [1.82, 2.24) is 14.8 Å². The topological polar surface area (TPSA) is 56.4 Å². The van der Waals surface area contributed by atoms with Gasteiger partial charge < -0.3 is 14.8 Å². The molecule has 5 nitrogen and oxygen atoms in total. The van der Waals surface area contributed by atoms with Crippen molar-refractivity contribution >= 4 is 34.3 Å². The van der Waals surface area contributed by atoms with Crippen LogP contribution in [0.2, 0.25) is 5.02 Å². The summed E-state index contributed by atoms with van der Waals surface area (Å²) in [4.78, 5) is 33.8. The maximum atomic E-state index is 13.4. The van der Waals surface area contributed by atoms with Crippen LogP contribution in [0.25, 0.3) is 10.9 Å². The van der Waals surface area contributed by atoms with Crippen LogP contribution in [-0.4, -0.2) is 45.7 Å². The van der Waals surface area contributed by atoms with Gasteiger partial charge in [-0.05, 0) is 35.2 Å². The summed E-state index contributed by atoms with van der Waals surface area (Å²) in [5.41, 5.74) is 4.03. The highest BCUT2D eigenvalue weighted by Crippen LogP contribution is 2.42. The van der Waals surface area contributed by atoms with E-state index >= 15 is 0 Å². The quantitative estimate of drug-likeness (QED) is 0.690. The molecule has 1 saturated heterocycles. The van der Waals surface area contributed by atoms with Crippen LogP contribution in [0.3, 0.4) is 0 Å². The molecule has 0 radical (unpaired) electrons. The first kappa shape index (κ1) is 19.2. The Bertz CT molecular complexity index is 1150. The van der Waals surface area contributed by atoms with E-state index in [1.807, 2.05) is 42.5 Å². The molecule has 1 N–H and O–H groups in total. The minimum absolute atomic E-state index is 0.0190. The fourth-order valence-corrected chi connectivity index (χ4v) is 5.14. The predicted octanol–water partition coefficient (Wildman–Crippen LogP) is 4.16. The lowest BCUT2D eigenvalue weighted by molar-refractivity contribution is -0.159. The second-order valence-electron chi connectivity index (χ2n) is 8.65. The lowest BCUT2D eigenvalue weighted by atomic mass is 9.86. The van der Waals surface area contributed by atoms with Crippen LogP contribution in [0, 0.1) is 5.92 Å². The van der Waals surface area contributed by atoms with Gasteiger partial charge in [0.05, 0.1) is 12.6 Å². The van der Waals surface area contributed by atoms with Crippen LogP contribution in [0.5, 0.6) is 0 Å². The number of fused-ring (bicyclic) bond motifs is 4. The van der Waals surface area contributed by atoms with Crippen LogP contribution in [-0.2, 0) is 16.0 Å². The van der Waals surface area contributed by atoms with E-state index in [1.165, 1.54) is 0 Å². The van der Waals surface area contributed by atoms with Crippen molar-refractivity contribution in [3.05, 3.63) is 70.4 Å². The van der Waals surface area contributed by atoms with Crippen molar-refractivity contribution in [2.75, 3.05) is 13.1 Å². The summed E-state index contributed by atoms with van der Waals surface area (Å²) < 4.78 is 0. The maximum Gasteiger partial charge on any atom is 0.246 e. The average Bonchev–Trinajstić information content (AvgIpc) is 3.08. The number of carbonyl (C=O) groups excluding carboxylic acids is 2. The van der Waals surface area contributed by atoms with E-state index in [0.29, 0.717) is 23.9 Å². The third-order valence-corrected chi connectivity index (χ3v) is 6.33. The number of piperazine rings is 1. The molecule has 6 heteroatoms. The van der Waals surface area contributed by atoms with E-state index in [-0.39, 0.29) is 24.4 Å². The molecule has 1 fully saturated rings. The Balaban J connectivity index is 1.69. The van der Waals surface area contributed by atoms with Crippen LogP contribution >= 0.6 is 11.6 Å². The van der Waals surface area contributed by atoms with Gasteiger partial charge in [-0.3, -0.25) is 9.59 Å². The normalized spacial score (nSPS) is 21.3. The Hall–Kier alpha value is -2.79. The molecule has 0 aliphatic carbocycles. The van der Waals surface area contributed by atoms with Crippen LogP contribution in [0.4, 0.5) is 0 Å². The molecule has 2 amide bonds. The number of rotatable bonds is 3. The standard InChI is InChI=1S/C24H24ClN3O2/c1-14(2)12-27-13-21(29)28-20(24(27)30)11-18-17-8-3-4-9-19(17)26-22(18)23(28)15-6-5-7-16(25)10-15/h3-10,14,20,23,26H,11-13H2,1-2H3/t20-,23?/m0/s1. The molecule has 0 saturated carbocycles. The number of H-pyrrole nitrogens is 1. The highest BCUT2D eigenvalue weighted by molar-refractivity contribution is 6.30. The number of nitrogens with one attached hydrogen (secondary N) is 1. The first-order chi connectivity index (χ1) is 14.4. The van der Waals surface area contributed by atoms with E-state index in [4.69, 9.17) is 11.6 Å². The van der Waals surface area contributed by atoms with Crippen LogP contribution in [0.15, 0.2) is 48.5 Å². The molecular formula is C24H24ClN3O2. The zero-order chi connectivity index (χ0) is 21.0. The Morgan fingerprint density at radius 2 is 1.93 bits per heavy atom. The van der Waals surface area contributed by atoms with Crippen molar-refractivity contribution in [3.63, 3.8) is 0 Å². The largest absolute Gasteiger partial charge is 0.356 e. The number of hydrogen-bond acceptors (Lipinski definition) is 2. The van der Waals surface area contributed by atoms with Gasteiger partial charge in [0, 0.05) is 34.6 Å². The van der Waals surface area contributed by atoms with Gasteiger partial charge in [-0.15, -0.1) is 0 Å². The van der Waals surface area contributed by atoms with Crippen LogP contribution < -0.4 is 0 Å². The molecule has 3 heterocycles. The van der Waals surface area contributed by atoms with E-state index in [2.05, 4.69) is 24.9 Å². The number of para-hydroxylation sites is 1. The fourth-order valence-electron chi connectivity index (χ4n) is 4.94. The highest BCUT2D eigenvalue weighted by Gasteiger charge is 2.48. The van der Waals surface area contributed by atoms with Gasteiger partial charge in [0.25, 0.3) is 0 Å². The first-order valence-corrected chi connectivity index (χ1v) is 10.8. The van der Waals surface area contributed by atoms with E-state index < -0.39 is 6.04 Å². The van der Waals surface area contributed by atoms with Crippen LogP contribution in [0.1, 0.15) is 36.7 Å². The summed E-state index contributed by atoms with van der Waals surface area (Å²) in [7, 11) is 0. The number of carbonyl (C=O) groups is 2. The van der Waals surface area contributed by atoms with Gasteiger partial charge in [-0.25, -0.2) is 0 Å². The van der Waals surface area contributed by atoms with Gasteiger partial charge in [-0.2, -0.15) is 0 Å². The Labute approximate surface area is 180 Å². The number of nitrogens with zero attached hydrogens (tertiary/aromatic N) is 2. The summed E-state index contributed by atoms with van der Waals surface area (Å²) in [6.45, 7) is 4.85. The predicted molar refractivity (Wildman–Crippen MR) is 117 cm³/mol. The second-order valence-corrected chi connectivity index (χ2v) is 9.09. The molecule has 30 heavy (non-hydrogen) atoms. The number of aromatic amines is 1. The highest BCUT2D eigenvalue weighted by atomic mass is 35.5. The molecule has 0 bridgehead atoms. The molecule has 2 aliphatic heterocycles. The number of aromatic nitrogens is 1. The monoisotopic (exact) mass is 421 g/mol. The zero-order valence-corrected chi connectivity index (χ0v) is 17.8. The molecular weight excluding hydrogens is 398 g/mol. The third kappa shape index (κ3) is 3.00. The summed E-state index contributed by atoms with van der Waals surface area (Å²) in [5, 5.41) is 1.73. The van der Waals surface area contributed by atoms with E-state index in [1.54, 1.807) is 9.80 Å². The smallest absolute Gasteiger partial charge is 0.246 e. The zero-order valence-electron chi connectivity index (χ0n) is 17.1. The lowest BCUT2D eigenvalue weighted by Gasteiger charge is -2.47. The van der Waals surface area contributed by atoms with Crippen molar-refractivity contribution in [2.24, 2.45) is 5.92 Å². The van der Waals surface area contributed by atoms with Crippen molar-refractivity contribution in [2.45, 2.75) is 32.4 Å². The first-order valence-electron chi connectivity index (χ1n) is 10.4. The minimum Gasteiger partial charge on any atom is -0.356 e. The molecule has 0 spiro atoms.